The van der Waals surface area contributed by atoms with Crippen LogP contribution in [0.15, 0.2) is 0 Å². The van der Waals surface area contributed by atoms with Gasteiger partial charge in [0, 0.05) is 0 Å². The maximum absolute atomic E-state index is 11.7. The lowest BCUT2D eigenvalue weighted by molar-refractivity contribution is -0.358. The normalized spacial score (nSPS) is 46.6. The third kappa shape index (κ3) is 7.11. The predicted molar refractivity (Wildman–Crippen MR) is 135 cm³/mol. The van der Waals surface area contributed by atoms with Crippen molar-refractivity contribution in [2.24, 2.45) is 11.5 Å². The van der Waals surface area contributed by atoms with Crippen LogP contribution in [0.4, 0.5) is 0 Å². The van der Waals surface area contributed by atoms with Crippen molar-refractivity contribution in [2.45, 2.75) is 119 Å². The molecule has 12 N–H and O–H groups in total. The third-order valence-corrected chi connectivity index (χ3v) is 7.70. The second kappa shape index (κ2) is 15.2. The van der Waals surface area contributed by atoms with E-state index in [1.807, 2.05) is 18.7 Å². The second-order valence-electron chi connectivity index (χ2n) is 10.5. The first kappa shape index (κ1) is 33.9. The Morgan fingerprint density at radius 1 is 0.625 bits per heavy atom. The molecule has 0 aromatic carbocycles. The summed E-state index contributed by atoms with van der Waals surface area (Å²) in [6.07, 6.45) is -14.8. The van der Waals surface area contributed by atoms with Crippen LogP contribution in [0, 0.1) is 0 Å². The number of ether oxygens (including phenoxy) is 5. The lowest BCUT2D eigenvalue weighted by Gasteiger charge is -2.51. The molecule has 0 spiro atoms. The Morgan fingerprint density at radius 2 is 1.12 bits per heavy atom. The molecule has 3 saturated heterocycles. The SMILES string of the molecule is CCCN(CCC)[C@H]1[C@H](OC2[C@@H](CO)O[C@@H](O)[C@H](N)[C@H]2O)O[C@H](CO)C(O[C@@H]2O[C@H](CO)[C@@H](O)[C@H](O)[C@H]2N)[C@@H]1O. The van der Waals surface area contributed by atoms with E-state index in [1.165, 1.54) is 0 Å². The van der Waals surface area contributed by atoms with E-state index in [0.717, 1.165) is 0 Å². The molecule has 3 aliphatic rings. The van der Waals surface area contributed by atoms with Crippen molar-refractivity contribution < 1.29 is 64.5 Å². The molecule has 3 heterocycles. The second-order valence-corrected chi connectivity index (χ2v) is 10.5. The number of rotatable bonds is 12. The predicted octanol–water partition coefficient (Wildman–Crippen LogP) is -5.51. The molecule has 0 amide bonds. The minimum Gasteiger partial charge on any atom is -0.394 e. The number of aliphatic hydroxyl groups excluding tert-OH is 8. The molecule has 15 atom stereocenters. The highest BCUT2D eigenvalue weighted by Gasteiger charge is 2.54. The van der Waals surface area contributed by atoms with Gasteiger partial charge in [-0.25, -0.2) is 0 Å². The van der Waals surface area contributed by atoms with Crippen molar-refractivity contribution in [1.82, 2.24) is 4.90 Å². The molecule has 3 rings (SSSR count). The lowest BCUT2D eigenvalue weighted by Crippen LogP contribution is -2.70. The van der Waals surface area contributed by atoms with Crippen LogP contribution in [0.5, 0.6) is 0 Å². The highest BCUT2D eigenvalue weighted by molar-refractivity contribution is 5.00. The smallest absolute Gasteiger partial charge is 0.176 e. The summed E-state index contributed by atoms with van der Waals surface area (Å²) in [6, 6.07) is -3.45. The van der Waals surface area contributed by atoms with E-state index >= 15 is 0 Å². The molecule has 0 aromatic rings. The zero-order valence-electron chi connectivity index (χ0n) is 22.8. The van der Waals surface area contributed by atoms with Gasteiger partial charge in [-0.3, -0.25) is 4.90 Å². The van der Waals surface area contributed by atoms with Crippen LogP contribution in [0.2, 0.25) is 0 Å². The fraction of sp³-hybridized carbons (Fsp3) is 1.00. The molecule has 16 heteroatoms. The van der Waals surface area contributed by atoms with Gasteiger partial charge in [0.15, 0.2) is 18.9 Å². The fourth-order valence-corrected chi connectivity index (χ4v) is 5.51. The van der Waals surface area contributed by atoms with Gasteiger partial charge in [-0.1, -0.05) is 13.8 Å². The molecule has 3 fully saturated rings. The summed E-state index contributed by atoms with van der Waals surface area (Å²) < 4.78 is 29.0. The van der Waals surface area contributed by atoms with E-state index in [-0.39, 0.29) is 0 Å². The molecular formula is C24H47N3O13. The highest BCUT2D eigenvalue weighted by atomic mass is 16.7. The number of nitrogens with zero attached hydrogens (tertiary/aromatic N) is 1. The van der Waals surface area contributed by atoms with E-state index in [0.29, 0.717) is 25.9 Å². The van der Waals surface area contributed by atoms with Gasteiger partial charge >= 0.3 is 0 Å². The van der Waals surface area contributed by atoms with Gasteiger partial charge in [0.05, 0.1) is 37.9 Å². The molecule has 2 unspecified atom stereocenters. The fourth-order valence-electron chi connectivity index (χ4n) is 5.51. The molecule has 3 aliphatic heterocycles. The zero-order chi connectivity index (χ0) is 29.7. The summed E-state index contributed by atoms with van der Waals surface area (Å²) in [5.41, 5.74) is 11.9. The van der Waals surface area contributed by atoms with Crippen molar-refractivity contribution in [1.29, 1.82) is 0 Å². The van der Waals surface area contributed by atoms with Gasteiger partial charge in [-0.05, 0) is 25.9 Å². The van der Waals surface area contributed by atoms with Crippen LogP contribution in [0.1, 0.15) is 26.7 Å². The van der Waals surface area contributed by atoms with Crippen molar-refractivity contribution in [3.63, 3.8) is 0 Å². The van der Waals surface area contributed by atoms with Crippen molar-refractivity contribution in [3.8, 4) is 0 Å². The Morgan fingerprint density at radius 3 is 1.68 bits per heavy atom. The quantitative estimate of drug-likeness (QED) is 0.102. The van der Waals surface area contributed by atoms with Crippen LogP contribution in [0.3, 0.4) is 0 Å². The van der Waals surface area contributed by atoms with E-state index in [2.05, 4.69) is 0 Å². The number of nitrogens with two attached hydrogens (primary N) is 2. The standard InChI is InChI=1S/C24H47N3O13/c1-3-5-27(6-4-2)15-19(34)21(39-23-14(26)17(32)16(31)10(7-28)37-23)12(9-30)38-24(15)40-20-11(8-29)36-22(35)13(25)18(20)33/h10-24,28-35H,3-9,25-26H2,1-2H3/t10-,11-,12-,13-,14-,15-,16-,17-,18-,19-,20?,21?,22-,23+,24+/m1/s1. The third-order valence-electron chi connectivity index (χ3n) is 7.70. The number of hydrogen-bond acceptors (Lipinski definition) is 16. The summed E-state index contributed by atoms with van der Waals surface area (Å²) in [6.45, 7) is 2.97. The summed E-state index contributed by atoms with van der Waals surface area (Å²) >= 11 is 0. The van der Waals surface area contributed by atoms with Gasteiger partial charge in [0.1, 0.15) is 54.9 Å². The van der Waals surface area contributed by atoms with Gasteiger partial charge in [0.2, 0.25) is 0 Å². The Bertz CT molecular complexity index is 749. The Labute approximate surface area is 232 Å². The summed E-state index contributed by atoms with van der Waals surface area (Å²) in [5, 5.41) is 82.5. The van der Waals surface area contributed by atoms with E-state index in [4.69, 9.17) is 35.2 Å². The van der Waals surface area contributed by atoms with E-state index < -0.39 is 112 Å². The monoisotopic (exact) mass is 585 g/mol. The molecule has 0 aliphatic carbocycles. The average Bonchev–Trinajstić information content (AvgIpc) is 2.94. The maximum atomic E-state index is 11.7. The molecule has 0 radical (unpaired) electrons. The van der Waals surface area contributed by atoms with Crippen LogP contribution < -0.4 is 11.5 Å². The van der Waals surface area contributed by atoms with Crippen LogP contribution in [-0.2, 0) is 23.7 Å². The average molecular weight is 586 g/mol. The number of aliphatic hydroxyl groups is 8. The lowest BCUT2D eigenvalue weighted by atomic mass is 9.93. The minimum atomic E-state index is -1.54. The Balaban J connectivity index is 1.91. The number of hydrogen-bond donors (Lipinski definition) is 10. The summed E-state index contributed by atoms with van der Waals surface area (Å²) in [4.78, 5) is 1.90. The summed E-state index contributed by atoms with van der Waals surface area (Å²) in [5.74, 6) is 0. The molecule has 0 bridgehead atoms. The van der Waals surface area contributed by atoms with Crippen LogP contribution >= 0.6 is 0 Å². The minimum absolute atomic E-state index is 0.498. The van der Waals surface area contributed by atoms with Gasteiger partial charge < -0.3 is 76.0 Å². The molecule has 0 aromatic heterocycles. The first-order valence-electron chi connectivity index (χ1n) is 13.8. The van der Waals surface area contributed by atoms with Crippen LogP contribution in [-0.4, -0.2) is 171 Å². The molecule has 0 saturated carbocycles. The van der Waals surface area contributed by atoms with Crippen molar-refractivity contribution >= 4 is 0 Å². The Hall–Kier alpha value is -0.640. The molecule has 236 valence electrons. The zero-order valence-corrected chi connectivity index (χ0v) is 22.8. The molecule has 40 heavy (non-hydrogen) atoms. The van der Waals surface area contributed by atoms with E-state index in [9.17, 15) is 40.9 Å². The molecule has 16 nitrogen and oxygen atoms in total. The highest BCUT2D eigenvalue weighted by Crippen LogP contribution is 2.34. The molecular weight excluding hydrogens is 538 g/mol. The Kier molecular flexibility index (Phi) is 12.9. The van der Waals surface area contributed by atoms with E-state index in [1.54, 1.807) is 0 Å². The van der Waals surface area contributed by atoms with Gasteiger partial charge in [-0.15, -0.1) is 0 Å². The van der Waals surface area contributed by atoms with Crippen molar-refractivity contribution in [2.75, 3.05) is 32.9 Å². The van der Waals surface area contributed by atoms with Gasteiger partial charge in [-0.2, -0.15) is 0 Å². The van der Waals surface area contributed by atoms with Crippen LogP contribution in [0.25, 0.3) is 0 Å². The topological polar surface area (TPSA) is 263 Å². The largest absolute Gasteiger partial charge is 0.394 e. The maximum Gasteiger partial charge on any atom is 0.176 e. The van der Waals surface area contributed by atoms with Gasteiger partial charge in [0.25, 0.3) is 0 Å². The first-order valence-corrected chi connectivity index (χ1v) is 13.8. The first-order chi connectivity index (χ1) is 19.0. The summed E-state index contributed by atoms with van der Waals surface area (Å²) in [7, 11) is 0. The van der Waals surface area contributed by atoms with Crippen molar-refractivity contribution in [3.05, 3.63) is 0 Å².